The van der Waals surface area contributed by atoms with Gasteiger partial charge in [0, 0.05) is 17.2 Å². The smallest absolute Gasteiger partial charge is 0.416 e. The van der Waals surface area contributed by atoms with Crippen molar-refractivity contribution in [2.24, 2.45) is 0 Å². The molecule has 16 heteroatoms. The lowest BCUT2D eigenvalue weighted by molar-refractivity contribution is -0.137. The number of esters is 1. The predicted molar refractivity (Wildman–Crippen MR) is 169 cm³/mol. The Morgan fingerprint density at radius 3 is 2.44 bits per heavy atom. The maximum Gasteiger partial charge on any atom is 0.416 e. The average molecular weight is 775 g/mol. The number of aromatic nitrogens is 2. The minimum absolute atomic E-state index is 0.0244. The number of carbonyl (C=O) groups excluding carboxylic acids is 2. The van der Waals surface area contributed by atoms with E-state index in [0.717, 1.165) is 12.1 Å². The minimum atomic E-state index is -4.94. The highest BCUT2D eigenvalue weighted by Gasteiger charge is 2.32. The highest BCUT2D eigenvalue weighted by atomic mass is 127. The molecule has 8 nitrogen and oxygen atoms in total. The van der Waals surface area contributed by atoms with E-state index in [1.807, 2.05) is 22.0 Å². The van der Waals surface area contributed by atoms with Crippen LogP contribution < -0.4 is 15.8 Å². The van der Waals surface area contributed by atoms with E-state index in [-0.39, 0.29) is 51.4 Å². The number of carbonyl (C=O) groups is 2. The Balaban J connectivity index is 1.81. The summed E-state index contributed by atoms with van der Waals surface area (Å²) in [5.41, 5.74) is 5.19. The molecule has 0 saturated heterocycles. The van der Waals surface area contributed by atoms with Crippen LogP contribution in [-0.4, -0.2) is 28.5 Å². The van der Waals surface area contributed by atoms with Gasteiger partial charge in [0.2, 0.25) is 0 Å². The summed E-state index contributed by atoms with van der Waals surface area (Å²) in [5.74, 6) is -4.34. The summed E-state index contributed by atoms with van der Waals surface area (Å²) in [6.07, 6.45) is -4.98. The van der Waals surface area contributed by atoms with Crippen molar-refractivity contribution >= 4 is 74.3 Å². The molecule has 0 aliphatic heterocycles. The molecular formula is C29H18ClF5IN4O4P. The molecule has 0 aliphatic rings. The van der Waals surface area contributed by atoms with Crippen molar-refractivity contribution in [3.8, 4) is 22.6 Å². The molecule has 0 saturated carbocycles. The predicted octanol–water partition coefficient (Wildman–Crippen LogP) is 8.86. The SMILES string of the molecule is COC(=O)c1ccccc1-c1cc(NC(=O)c2cc(F)cc(C(F)(F)F)c2)c(Oc2cc(F)ccc2Cl)c2c(N)nn(PI)c12. The molecule has 0 aliphatic carbocycles. The van der Waals surface area contributed by atoms with Crippen LogP contribution in [0.4, 0.5) is 33.5 Å². The number of nitrogens with two attached hydrogens (primary N) is 1. The average Bonchev–Trinajstić information content (AvgIpc) is 3.34. The number of nitrogen functional groups attached to an aromatic ring is 1. The van der Waals surface area contributed by atoms with Gasteiger partial charge in [-0.1, -0.05) is 29.8 Å². The van der Waals surface area contributed by atoms with Crippen LogP contribution in [-0.2, 0) is 10.9 Å². The van der Waals surface area contributed by atoms with Crippen LogP contribution in [0.5, 0.6) is 11.5 Å². The number of amides is 1. The van der Waals surface area contributed by atoms with E-state index in [1.54, 1.807) is 18.2 Å². The second kappa shape index (κ2) is 12.8. The van der Waals surface area contributed by atoms with Crippen molar-refractivity contribution in [1.29, 1.82) is 0 Å². The highest BCUT2D eigenvalue weighted by molar-refractivity contribution is 14.2. The van der Waals surface area contributed by atoms with Gasteiger partial charge in [-0.15, -0.1) is 0 Å². The molecule has 0 fully saturated rings. The van der Waals surface area contributed by atoms with Crippen LogP contribution in [0.15, 0.2) is 66.7 Å². The summed E-state index contributed by atoms with van der Waals surface area (Å²) in [4.78, 5) is 26.1. The number of fused-ring (bicyclic) bond motifs is 1. The number of nitrogens with zero attached hydrogens (tertiary/aromatic N) is 2. The molecule has 0 spiro atoms. The zero-order valence-electron chi connectivity index (χ0n) is 22.6. The van der Waals surface area contributed by atoms with E-state index in [0.29, 0.717) is 28.8 Å². The Labute approximate surface area is 270 Å². The van der Waals surface area contributed by atoms with Gasteiger partial charge in [0.15, 0.2) is 11.6 Å². The normalized spacial score (nSPS) is 11.7. The summed E-state index contributed by atoms with van der Waals surface area (Å²) in [6.45, 7) is 0. The summed E-state index contributed by atoms with van der Waals surface area (Å²) < 4.78 is 81.2. The van der Waals surface area contributed by atoms with Crippen LogP contribution in [0.3, 0.4) is 0 Å². The number of benzene rings is 4. The number of alkyl halides is 3. The van der Waals surface area contributed by atoms with E-state index in [2.05, 4.69) is 10.4 Å². The number of anilines is 2. The molecule has 1 aromatic heterocycles. The van der Waals surface area contributed by atoms with E-state index < -0.39 is 40.8 Å². The summed E-state index contributed by atoms with van der Waals surface area (Å²) in [5, 5.41) is 6.91. The molecule has 1 unspecified atom stereocenters. The number of methoxy groups -OCH3 is 1. The number of rotatable bonds is 7. The summed E-state index contributed by atoms with van der Waals surface area (Å²) in [6, 6.07) is 12.4. The maximum absolute atomic E-state index is 14.2. The lowest BCUT2D eigenvalue weighted by Gasteiger charge is -2.19. The standard InChI is InChI=1S/C29H18ClF5IN4O4P/c1-43-28(42)18-5-3-2-4-17(18)19-12-21(38-27(41)13-8-14(29(33,34)35)10-16(32)9-13)25(23-24(19)40(45-36)39-26(23)37)44-22-11-15(31)6-7-20(22)30/h2-12,45H,1H3,(H2,37,39)(H,38,41). The molecule has 1 heterocycles. The van der Waals surface area contributed by atoms with E-state index in [4.69, 9.17) is 26.8 Å². The molecule has 5 aromatic rings. The Morgan fingerprint density at radius 1 is 1.02 bits per heavy atom. The van der Waals surface area contributed by atoms with Crippen LogP contribution in [0.1, 0.15) is 26.3 Å². The van der Waals surface area contributed by atoms with Crippen molar-refractivity contribution in [1.82, 2.24) is 9.55 Å². The second-order valence-corrected chi connectivity index (χ2v) is 11.7. The quantitative estimate of drug-likeness (QED) is 0.0741. The monoisotopic (exact) mass is 774 g/mol. The molecule has 1 atom stereocenters. The topological polar surface area (TPSA) is 108 Å². The first-order valence-corrected chi connectivity index (χ1v) is 17.0. The van der Waals surface area contributed by atoms with Crippen LogP contribution in [0.2, 0.25) is 5.02 Å². The molecule has 0 bridgehead atoms. The zero-order valence-corrected chi connectivity index (χ0v) is 26.5. The molecule has 232 valence electrons. The second-order valence-electron chi connectivity index (χ2n) is 9.30. The minimum Gasteiger partial charge on any atom is -0.465 e. The number of ether oxygens (including phenoxy) is 2. The largest absolute Gasteiger partial charge is 0.465 e. The van der Waals surface area contributed by atoms with Crippen LogP contribution in [0, 0.1) is 11.6 Å². The maximum atomic E-state index is 14.2. The first-order chi connectivity index (χ1) is 21.3. The van der Waals surface area contributed by atoms with Gasteiger partial charge < -0.3 is 20.5 Å². The Morgan fingerprint density at radius 2 is 1.76 bits per heavy atom. The van der Waals surface area contributed by atoms with Crippen LogP contribution >= 0.6 is 40.0 Å². The van der Waals surface area contributed by atoms with Gasteiger partial charge in [0.1, 0.15) is 17.4 Å². The zero-order chi connectivity index (χ0) is 32.6. The van der Waals surface area contributed by atoms with Crippen molar-refractivity contribution < 1.29 is 41.0 Å². The third-order valence-electron chi connectivity index (χ3n) is 6.47. The molecule has 0 radical (unpaired) electrons. The van der Waals surface area contributed by atoms with Gasteiger partial charge in [0.25, 0.3) is 5.91 Å². The van der Waals surface area contributed by atoms with Crippen molar-refractivity contribution in [2.75, 3.05) is 18.2 Å². The summed E-state index contributed by atoms with van der Waals surface area (Å²) >= 11 is 8.32. The first-order valence-electron chi connectivity index (χ1n) is 12.5. The number of hydrogen-bond acceptors (Lipinski definition) is 6. The molecule has 5 rings (SSSR count). The molecule has 4 aromatic carbocycles. The lowest BCUT2D eigenvalue weighted by atomic mass is 9.96. The van der Waals surface area contributed by atoms with Gasteiger partial charge in [-0.05, 0) is 70.1 Å². The fraction of sp³-hybridized carbons (Fsp3) is 0.0690. The van der Waals surface area contributed by atoms with Gasteiger partial charge in [0.05, 0.1) is 46.2 Å². The Kier molecular flexibility index (Phi) is 9.19. The number of halogens is 7. The third-order valence-corrected chi connectivity index (χ3v) is 8.64. The van der Waals surface area contributed by atoms with E-state index in [9.17, 15) is 31.5 Å². The number of nitrogens with one attached hydrogen (secondary N) is 1. The fourth-order valence-electron chi connectivity index (χ4n) is 4.54. The highest BCUT2D eigenvalue weighted by Crippen LogP contribution is 2.49. The van der Waals surface area contributed by atoms with Crippen LogP contribution in [0.25, 0.3) is 22.0 Å². The molecule has 45 heavy (non-hydrogen) atoms. The van der Waals surface area contributed by atoms with E-state index >= 15 is 0 Å². The van der Waals surface area contributed by atoms with Gasteiger partial charge in [-0.25, -0.2) is 18.0 Å². The Bertz CT molecular complexity index is 1990. The van der Waals surface area contributed by atoms with Crippen molar-refractivity contribution in [2.45, 2.75) is 6.18 Å². The van der Waals surface area contributed by atoms with Gasteiger partial charge in [-0.3, -0.25) is 4.79 Å². The first kappa shape index (κ1) is 32.4. The van der Waals surface area contributed by atoms with Crippen molar-refractivity contribution in [3.63, 3.8) is 0 Å². The Hall–Kier alpha value is -4.01. The molecular weight excluding hydrogens is 757 g/mol. The lowest BCUT2D eigenvalue weighted by Crippen LogP contribution is -2.15. The van der Waals surface area contributed by atoms with Gasteiger partial charge in [-0.2, -0.15) is 18.3 Å². The van der Waals surface area contributed by atoms with Gasteiger partial charge >= 0.3 is 12.1 Å². The summed E-state index contributed by atoms with van der Waals surface area (Å²) in [7, 11) is 1.20. The van der Waals surface area contributed by atoms with Crippen molar-refractivity contribution in [3.05, 3.63) is 100 Å². The third kappa shape index (κ3) is 6.53. The molecule has 1 amide bonds. The van der Waals surface area contributed by atoms with E-state index in [1.165, 1.54) is 29.8 Å². The molecule has 3 N–H and O–H groups in total. The number of hydrogen-bond donors (Lipinski definition) is 2. The fourth-order valence-corrected chi connectivity index (χ4v) is 6.20.